The first-order valence-corrected chi connectivity index (χ1v) is 11.4. The monoisotopic (exact) mass is 508 g/mol. The van der Waals surface area contributed by atoms with Crippen LogP contribution in [0.15, 0.2) is 36.4 Å². The van der Waals surface area contributed by atoms with Gasteiger partial charge in [-0.1, -0.05) is 12.8 Å². The number of nitrogens with zero attached hydrogens (tertiary/aromatic N) is 3. The molecule has 0 aromatic heterocycles. The van der Waals surface area contributed by atoms with Crippen molar-refractivity contribution in [2.24, 2.45) is 0 Å². The highest BCUT2D eigenvalue weighted by Gasteiger charge is 2.35. The van der Waals surface area contributed by atoms with Gasteiger partial charge in [0, 0.05) is 25.0 Å². The minimum absolute atomic E-state index is 0.0238. The van der Waals surface area contributed by atoms with E-state index in [0.717, 1.165) is 31.0 Å². The fraction of sp³-hybridized carbons (Fsp3) is 0.375. The van der Waals surface area contributed by atoms with Gasteiger partial charge >= 0.3 is 6.18 Å². The minimum atomic E-state index is -4.79. The summed E-state index contributed by atoms with van der Waals surface area (Å²) in [6.07, 6.45) is -2.87. The van der Waals surface area contributed by atoms with Crippen molar-refractivity contribution in [1.29, 1.82) is 5.26 Å². The van der Waals surface area contributed by atoms with Crippen molar-refractivity contribution in [2.45, 2.75) is 44.5 Å². The lowest BCUT2D eigenvalue weighted by Crippen LogP contribution is -2.49. The maximum absolute atomic E-state index is 14.7. The number of nitriles is 1. The van der Waals surface area contributed by atoms with Crippen LogP contribution in [-0.2, 0) is 6.18 Å². The van der Waals surface area contributed by atoms with E-state index in [1.807, 2.05) is 0 Å². The molecule has 0 bridgehead atoms. The molecule has 1 heterocycles. The molecular formula is C24H24F4N4O2S. The molecule has 1 aliphatic rings. The number of amides is 1. The molecule has 0 saturated carbocycles. The molecule has 11 heteroatoms. The van der Waals surface area contributed by atoms with Crippen molar-refractivity contribution in [3.63, 3.8) is 0 Å². The quantitative estimate of drug-likeness (QED) is 0.451. The summed E-state index contributed by atoms with van der Waals surface area (Å²) in [5.74, 6) is -1.39. The topological polar surface area (TPSA) is 79.6 Å². The Morgan fingerprint density at radius 2 is 1.83 bits per heavy atom. The number of hydrogen-bond acceptors (Lipinski definition) is 4. The van der Waals surface area contributed by atoms with Crippen LogP contribution in [0.3, 0.4) is 0 Å². The fourth-order valence-electron chi connectivity index (χ4n) is 3.96. The van der Waals surface area contributed by atoms with Gasteiger partial charge in [-0.2, -0.15) is 18.4 Å². The van der Waals surface area contributed by atoms with Crippen LogP contribution in [0, 0.1) is 17.1 Å². The smallest absolute Gasteiger partial charge is 0.373 e. The third kappa shape index (κ3) is 5.89. The van der Waals surface area contributed by atoms with Crippen LogP contribution in [0.4, 0.5) is 28.9 Å². The van der Waals surface area contributed by atoms with Crippen LogP contribution in [0.2, 0.25) is 0 Å². The molecule has 186 valence electrons. The minimum Gasteiger partial charge on any atom is -0.373 e. The van der Waals surface area contributed by atoms with Crippen molar-refractivity contribution in [3.8, 4) is 6.07 Å². The van der Waals surface area contributed by atoms with Crippen LogP contribution in [-0.4, -0.2) is 35.9 Å². The van der Waals surface area contributed by atoms with E-state index in [-0.39, 0.29) is 22.8 Å². The molecule has 0 radical (unpaired) electrons. The zero-order valence-electron chi connectivity index (χ0n) is 18.9. The van der Waals surface area contributed by atoms with Gasteiger partial charge in [-0.05, 0) is 67.9 Å². The number of aliphatic hydroxyl groups is 1. The molecule has 1 fully saturated rings. The van der Waals surface area contributed by atoms with Crippen LogP contribution in [0.1, 0.15) is 53.6 Å². The van der Waals surface area contributed by atoms with Crippen LogP contribution >= 0.6 is 12.2 Å². The number of nitrogens with one attached hydrogen (secondary N) is 1. The number of carbonyl (C=O) groups is 1. The molecule has 0 aliphatic carbocycles. The lowest BCUT2D eigenvalue weighted by Gasteiger charge is -2.38. The normalized spacial score (nSPS) is 17.6. The summed E-state index contributed by atoms with van der Waals surface area (Å²) in [6.45, 7) is 0.323. The first kappa shape index (κ1) is 26.4. The fourth-order valence-corrected chi connectivity index (χ4v) is 4.38. The predicted molar refractivity (Wildman–Crippen MR) is 127 cm³/mol. The zero-order valence-corrected chi connectivity index (χ0v) is 19.7. The molecule has 6 nitrogen and oxygen atoms in total. The van der Waals surface area contributed by atoms with Crippen LogP contribution < -0.4 is 15.1 Å². The molecule has 35 heavy (non-hydrogen) atoms. The van der Waals surface area contributed by atoms with E-state index in [1.165, 1.54) is 41.1 Å². The standard InChI is InChI=1S/C24H24F4N4O2S/c1-30-22(34)18-10-9-16(13-20(18)25)31-11-5-3-2-4-6-21(33)32(23(31)35)17-8-7-15(14-29)19(12-17)24(26,27)28/h7-10,12-13,21,33H,2-6,11H2,1H3,(H,30,34). The Morgan fingerprint density at radius 3 is 2.46 bits per heavy atom. The van der Waals surface area contributed by atoms with Crippen molar-refractivity contribution in [1.82, 2.24) is 5.32 Å². The number of benzene rings is 2. The number of thiocarbonyl (C=S) groups is 1. The van der Waals surface area contributed by atoms with Crippen LogP contribution in [0.25, 0.3) is 0 Å². The summed E-state index contributed by atoms with van der Waals surface area (Å²) in [5.41, 5.74) is -1.60. The first-order valence-electron chi connectivity index (χ1n) is 11.0. The number of rotatable bonds is 3. The molecule has 1 saturated heterocycles. The Kier molecular flexibility index (Phi) is 8.30. The van der Waals surface area contributed by atoms with Gasteiger partial charge in [-0.15, -0.1) is 0 Å². The number of halogens is 4. The Labute approximate surface area is 205 Å². The molecule has 3 rings (SSSR count). The highest BCUT2D eigenvalue weighted by atomic mass is 32.1. The third-order valence-corrected chi connectivity index (χ3v) is 6.19. The highest BCUT2D eigenvalue weighted by Crippen LogP contribution is 2.36. The lowest BCUT2D eigenvalue weighted by molar-refractivity contribution is -0.137. The summed E-state index contributed by atoms with van der Waals surface area (Å²) in [5, 5.41) is 22.4. The molecule has 1 unspecified atom stereocenters. The molecule has 1 amide bonds. The van der Waals surface area contributed by atoms with E-state index in [0.29, 0.717) is 25.1 Å². The molecular weight excluding hydrogens is 484 g/mol. The van der Waals surface area contributed by atoms with E-state index in [2.05, 4.69) is 5.32 Å². The largest absolute Gasteiger partial charge is 0.417 e. The van der Waals surface area contributed by atoms with Gasteiger partial charge in [0.1, 0.15) is 12.0 Å². The number of carbonyl (C=O) groups excluding carboxylic acids is 1. The number of hydrogen-bond donors (Lipinski definition) is 2. The highest BCUT2D eigenvalue weighted by molar-refractivity contribution is 7.80. The SMILES string of the molecule is CNC(=O)c1ccc(N2CCCCCCC(O)N(c3ccc(C#N)c(C(F)(F)F)c3)C2=S)cc1F. The van der Waals surface area contributed by atoms with E-state index in [4.69, 9.17) is 17.5 Å². The third-order valence-electron chi connectivity index (χ3n) is 5.77. The molecule has 2 N–H and O–H groups in total. The summed E-state index contributed by atoms with van der Waals surface area (Å²) in [4.78, 5) is 14.6. The van der Waals surface area contributed by atoms with Gasteiger partial charge in [0.25, 0.3) is 5.91 Å². The molecule has 2 aromatic rings. The second-order valence-corrected chi connectivity index (χ2v) is 8.44. The predicted octanol–water partition coefficient (Wildman–Crippen LogP) is 4.96. The molecule has 1 atom stereocenters. The first-order chi connectivity index (χ1) is 16.6. The van der Waals surface area contributed by atoms with Gasteiger partial charge in [-0.3, -0.25) is 9.69 Å². The van der Waals surface area contributed by atoms with Crippen molar-refractivity contribution >= 4 is 34.6 Å². The Bertz CT molecular complexity index is 1150. The van der Waals surface area contributed by atoms with Crippen molar-refractivity contribution in [3.05, 3.63) is 58.9 Å². The van der Waals surface area contributed by atoms with Gasteiger partial charge in [0.2, 0.25) is 0 Å². The van der Waals surface area contributed by atoms with E-state index in [1.54, 1.807) is 0 Å². The maximum Gasteiger partial charge on any atom is 0.417 e. The van der Waals surface area contributed by atoms with Crippen molar-refractivity contribution < 1.29 is 27.5 Å². The summed E-state index contributed by atoms with van der Waals surface area (Å²) >= 11 is 5.63. The average Bonchev–Trinajstić information content (AvgIpc) is 2.82. The number of alkyl halides is 3. The van der Waals surface area contributed by atoms with Gasteiger partial charge in [-0.25, -0.2) is 4.39 Å². The van der Waals surface area contributed by atoms with Crippen molar-refractivity contribution in [2.75, 3.05) is 23.4 Å². The Balaban J connectivity index is 2.09. The second-order valence-electron chi connectivity index (χ2n) is 8.07. The molecule has 1 aliphatic heterocycles. The lowest BCUT2D eigenvalue weighted by atomic mass is 10.0. The van der Waals surface area contributed by atoms with E-state index < -0.39 is 35.3 Å². The Morgan fingerprint density at radius 1 is 1.14 bits per heavy atom. The molecule has 0 spiro atoms. The maximum atomic E-state index is 14.7. The molecule has 2 aromatic carbocycles. The average molecular weight is 509 g/mol. The summed E-state index contributed by atoms with van der Waals surface area (Å²) in [6, 6.07) is 8.58. The Hall–Kier alpha value is -3.23. The van der Waals surface area contributed by atoms with Crippen LogP contribution in [0.5, 0.6) is 0 Å². The second kappa shape index (κ2) is 11.0. The van der Waals surface area contributed by atoms with E-state index in [9.17, 15) is 27.5 Å². The summed E-state index contributed by atoms with van der Waals surface area (Å²) < 4.78 is 55.5. The zero-order chi connectivity index (χ0) is 25.8. The summed E-state index contributed by atoms with van der Waals surface area (Å²) in [7, 11) is 1.38. The van der Waals surface area contributed by atoms with E-state index >= 15 is 0 Å². The van der Waals surface area contributed by atoms with Gasteiger partial charge < -0.3 is 15.3 Å². The number of aliphatic hydroxyl groups excluding tert-OH is 1. The van der Waals surface area contributed by atoms with Gasteiger partial charge in [0.05, 0.1) is 22.8 Å². The number of anilines is 2. The van der Waals surface area contributed by atoms with Gasteiger partial charge in [0.15, 0.2) is 5.11 Å².